The lowest BCUT2D eigenvalue weighted by Gasteiger charge is -2.33. The molecule has 5 heteroatoms. The van der Waals surface area contributed by atoms with Crippen molar-refractivity contribution < 1.29 is 18.7 Å². The molecule has 2 aromatic carbocycles. The van der Waals surface area contributed by atoms with Gasteiger partial charge in [-0.1, -0.05) is 38.4 Å². The molecule has 0 aliphatic heterocycles. The summed E-state index contributed by atoms with van der Waals surface area (Å²) in [7, 11) is 0. The van der Waals surface area contributed by atoms with E-state index in [9.17, 15) is 14.0 Å². The number of aryl methyl sites for hydroxylation is 1. The fourth-order valence-corrected chi connectivity index (χ4v) is 3.63. The van der Waals surface area contributed by atoms with E-state index in [1.807, 2.05) is 26.8 Å². The largest absolute Gasteiger partial charge is 0.454 e. The molecule has 27 heavy (non-hydrogen) atoms. The summed E-state index contributed by atoms with van der Waals surface area (Å²) in [5.41, 5.74) is 1.04. The summed E-state index contributed by atoms with van der Waals surface area (Å²) in [6.45, 7) is 5.73. The van der Waals surface area contributed by atoms with Crippen LogP contribution in [0.5, 0.6) is 11.5 Å². The zero-order chi connectivity index (χ0) is 19.8. The van der Waals surface area contributed by atoms with Gasteiger partial charge in [0.05, 0.1) is 0 Å². The highest BCUT2D eigenvalue weighted by Gasteiger charge is 2.43. The number of carbonyl (C=O) groups is 2. The highest BCUT2D eigenvalue weighted by Crippen LogP contribution is 2.41. The van der Waals surface area contributed by atoms with Gasteiger partial charge in [0.2, 0.25) is 0 Å². The van der Waals surface area contributed by atoms with Crippen molar-refractivity contribution in [2.45, 2.75) is 46.0 Å². The molecule has 0 bridgehead atoms. The molecule has 0 spiro atoms. The van der Waals surface area contributed by atoms with Crippen molar-refractivity contribution in [3.63, 3.8) is 0 Å². The average Bonchev–Trinajstić information content (AvgIpc) is 2.62. The molecule has 1 unspecified atom stereocenters. The number of Topliss-reactive ketones (excluding diaryl/α,β-unsaturated/α-hetero) is 2. The molecule has 1 atom stereocenters. The van der Waals surface area contributed by atoms with Crippen LogP contribution in [-0.2, 0) is 16.0 Å². The van der Waals surface area contributed by atoms with Crippen molar-refractivity contribution in [2.24, 2.45) is 5.41 Å². The Morgan fingerprint density at radius 1 is 1.19 bits per heavy atom. The van der Waals surface area contributed by atoms with Crippen LogP contribution in [0.4, 0.5) is 4.39 Å². The molecule has 1 saturated carbocycles. The quantitative estimate of drug-likeness (QED) is 0.614. The maximum absolute atomic E-state index is 14.0. The Morgan fingerprint density at radius 3 is 2.59 bits per heavy atom. The first-order valence-corrected chi connectivity index (χ1v) is 9.43. The van der Waals surface area contributed by atoms with Gasteiger partial charge >= 0.3 is 0 Å². The standard InChI is InChI=1S/C22H22ClFO3/c1-4-13-5-7-15(27-19-8-6-14(23)11-17(19)24)12-16(13)20-18(25)9-10-22(2,3)21(20)26/h5-8,11-12,20H,4,9-10H2,1-3H3. The predicted molar refractivity (Wildman–Crippen MR) is 103 cm³/mol. The van der Waals surface area contributed by atoms with Crippen molar-refractivity contribution in [1.82, 2.24) is 0 Å². The Labute approximate surface area is 163 Å². The third-order valence-corrected chi connectivity index (χ3v) is 5.41. The average molecular weight is 389 g/mol. The molecule has 1 fully saturated rings. The first kappa shape index (κ1) is 19.6. The fraction of sp³-hybridized carbons (Fsp3) is 0.364. The van der Waals surface area contributed by atoms with Gasteiger partial charge in [0, 0.05) is 16.9 Å². The van der Waals surface area contributed by atoms with E-state index in [4.69, 9.17) is 16.3 Å². The van der Waals surface area contributed by atoms with E-state index in [2.05, 4.69) is 0 Å². The van der Waals surface area contributed by atoms with Crippen LogP contribution in [0, 0.1) is 11.2 Å². The van der Waals surface area contributed by atoms with Gasteiger partial charge in [0.25, 0.3) is 0 Å². The first-order chi connectivity index (χ1) is 12.7. The van der Waals surface area contributed by atoms with Gasteiger partial charge in [-0.05, 0) is 54.3 Å². The highest BCUT2D eigenvalue weighted by atomic mass is 35.5. The lowest BCUT2D eigenvalue weighted by molar-refractivity contribution is -0.139. The second-order valence-electron chi connectivity index (χ2n) is 7.54. The molecule has 3 nitrogen and oxygen atoms in total. The molecule has 142 valence electrons. The molecule has 0 heterocycles. The molecule has 0 saturated heterocycles. The summed E-state index contributed by atoms with van der Waals surface area (Å²) >= 11 is 5.77. The highest BCUT2D eigenvalue weighted by molar-refractivity contribution is 6.30. The van der Waals surface area contributed by atoms with Crippen molar-refractivity contribution in [3.8, 4) is 11.5 Å². The number of rotatable bonds is 4. The minimum Gasteiger partial charge on any atom is -0.454 e. The Balaban J connectivity index is 2.01. The van der Waals surface area contributed by atoms with Gasteiger partial charge in [0.15, 0.2) is 17.3 Å². The van der Waals surface area contributed by atoms with Crippen LogP contribution in [0.2, 0.25) is 5.02 Å². The van der Waals surface area contributed by atoms with Crippen LogP contribution in [-0.4, -0.2) is 11.6 Å². The van der Waals surface area contributed by atoms with Crippen LogP contribution in [0.25, 0.3) is 0 Å². The van der Waals surface area contributed by atoms with Gasteiger partial charge in [0.1, 0.15) is 17.5 Å². The summed E-state index contributed by atoms with van der Waals surface area (Å²) in [5.74, 6) is -1.08. The van der Waals surface area contributed by atoms with Crippen molar-refractivity contribution in [1.29, 1.82) is 0 Å². The first-order valence-electron chi connectivity index (χ1n) is 9.05. The molecule has 1 aliphatic carbocycles. The summed E-state index contributed by atoms with van der Waals surface area (Å²) < 4.78 is 19.7. The topological polar surface area (TPSA) is 43.4 Å². The molecule has 0 N–H and O–H groups in total. The van der Waals surface area contributed by atoms with E-state index in [0.717, 1.165) is 5.56 Å². The Bertz CT molecular complexity index is 904. The lowest BCUT2D eigenvalue weighted by Crippen LogP contribution is -2.39. The molecule has 0 aromatic heterocycles. The third kappa shape index (κ3) is 3.91. The minimum absolute atomic E-state index is 0.0382. The van der Waals surface area contributed by atoms with Crippen LogP contribution in [0.15, 0.2) is 36.4 Å². The van der Waals surface area contributed by atoms with E-state index in [-0.39, 0.29) is 22.3 Å². The smallest absolute Gasteiger partial charge is 0.167 e. The number of ether oxygens (including phenoxy) is 1. The molecule has 0 radical (unpaired) electrons. The number of halogens is 2. The van der Waals surface area contributed by atoms with Crippen molar-refractivity contribution >= 4 is 23.2 Å². The van der Waals surface area contributed by atoms with Gasteiger partial charge in [-0.3, -0.25) is 9.59 Å². The molecular weight excluding hydrogens is 367 g/mol. The van der Waals surface area contributed by atoms with Crippen molar-refractivity contribution in [3.05, 3.63) is 58.4 Å². The lowest BCUT2D eigenvalue weighted by atomic mass is 9.67. The Kier molecular flexibility index (Phi) is 5.38. The maximum Gasteiger partial charge on any atom is 0.167 e. The second kappa shape index (κ2) is 7.43. The molecule has 2 aromatic rings. The normalized spacial score (nSPS) is 19.2. The zero-order valence-electron chi connectivity index (χ0n) is 15.6. The predicted octanol–water partition coefficient (Wildman–Crippen LogP) is 5.88. The van der Waals surface area contributed by atoms with E-state index in [0.29, 0.717) is 30.6 Å². The molecule has 1 aliphatic rings. The Morgan fingerprint density at radius 2 is 1.93 bits per heavy atom. The number of ketones is 2. The Hall–Kier alpha value is -2.20. The summed E-state index contributed by atoms with van der Waals surface area (Å²) in [4.78, 5) is 25.5. The van der Waals surface area contributed by atoms with E-state index in [1.165, 1.54) is 18.2 Å². The maximum atomic E-state index is 14.0. The van der Waals surface area contributed by atoms with E-state index < -0.39 is 17.2 Å². The monoisotopic (exact) mass is 388 g/mol. The number of hydrogen-bond donors (Lipinski definition) is 0. The zero-order valence-corrected chi connectivity index (χ0v) is 16.4. The van der Waals surface area contributed by atoms with Gasteiger partial charge in [-0.2, -0.15) is 0 Å². The van der Waals surface area contributed by atoms with E-state index in [1.54, 1.807) is 12.1 Å². The minimum atomic E-state index is -0.790. The van der Waals surface area contributed by atoms with Gasteiger partial charge in [-0.25, -0.2) is 4.39 Å². The number of benzene rings is 2. The second-order valence-corrected chi connectivity index (χ2v) is 7.97. The fourth-order valence-electron chi connectivity index (χ4n) is 3.47. The van der Waals surface area contributed by atoms with Crippen LogP contribution >= 0.6 is 11.6 Å². The number of hydrogen-bond acceptors (Lipinski definition) is 3. The summed E-state index contributed by atoms with van der Waals surface area (Å²) in [6, 6.07) is 9.41. The number of carbonyl (C=O) groups excluding carboxylic acids is 2. The summed E-state index contributed by atoms with van der Waals surface area (Å²) in [5, 5.41) is 0.280. The molecular formula is C22H22ClFO3. The van der Waals surface area contributed by atoms with Crippen LogP contribution < -0.4 is 4.74 Å². The molecule has 0 amide bonds. The SMILES string of the molecule is CCc1ccc(Oc2ccc(Cl)cc2F)cc1C1C(=O)CCC(C)(C)C1=O. The van der Waals surface area contributed by atoms with Gasteiger partial charge < -0.3 is 4.74 Å². The molecule has 3 rings (SSSR count). The van der Waals surface area contributed by atoms with Crippen molar-refractivity contribution in [2.75, 3.05) is 0 Å². The van der Waals surface area contributed by atoms with Crippen LogP contribution in [0.3, 0.4) is 0 Å². The van der Waals surface area contributed by atoms with E-state index >= 15 is 0 Å². The summed E-state index contributed by atoms with van der Waals surface area (Å²) in [6.07, 6.45) is 1.63. The third-order valence-electron chi connectivity index (χ3n) is 5.18. The van der Waals surface area contributed by atoms with Crippen LogP contribution in [0.1, 0.15) is 50.7 Å². The van der Waals surface area contributed by atoms with Gasteiger partial charge in [-0.15, -0.1) is 0 Å².